The summed E-state index contributed by atoms with van der Waals surface area (Å²) in [7, 11) is 0. The molecule has 0 atom stereocenters. The number of H-pyrrole nitrogens is 1. The topological polar surface area (TPSA) is 73.8 Å². The molecule has 3 aromatic rings. The number of hydrogen-bond donors (Lipinski definition) is 3. The van der Waals surface area contributed by atoms with Gasteiger partial charge in [-0.3, -0.25) is 10.1 Å². The number of hydrogen-bond acceptors (Lipinski definition) is 4. The van der Waals surface area contributed by atoms with E-state index in [1.165, 1.54) is 0 Å². The van der Waals surface area contributed by atoms with Crippen molar-refractivity contribution in [3.05, 3.63) is 60.0 Å². The minimum Gasteiger partial charge on any atom is -0.508 e. The zero-order valence-electron chi connectivity index (χ0n) is 11.7. The monoisotopic (exact) mass is 280 g/mol. The van der Waals surface area contributed by atoms with Gasteiger partial charge in [-0.1, -0.05) is 0 Å². The second-order valence-electron chi connectivity index (χ2n) is 4.86. The summed E-state index contributed by atoms with van der Waals surface area (Å²) in [4.78, 5) is 4.13. The summed E-state index contributed by atoms with van der Waals surface area (Å²) in [6, 6.07) is 9.17. The first kappa shape index (κ1) is 13.2. The fraction of sp³-hybridized carbons (Fsp3) is 0.125. The number of aromatic hydroxyl groups is 1. The van der Waals surface area contributed by atoms with E-state index >= 15 is 0 Å². The van der Waals surface area contributed by atoms with Gasteiger partial charge in [0.25, 0.3) is 0 Å². The quantitative estimate of drug-likeness (QED) is 0.642. The molecule has 5 nitrogen and oxygen atoms in total. The lowest BCUT2D eigenvalue weighted by Gasteiger charge is -2.10. The molecular weight excluding hydrogens is 264 g/mol. The molecule has 0 radical (unpaired) electrons. The van der Waals surface area contributed by atoms with Crippen LogP contribution in [0.25, 0.3) is 11.3 Å². The van der Waals surface area contributed by atoms with Gasteiger partial charge in [0.2, 0.25) is 0 Å². The molecule has 0 aliphatic rings. The Balaban J connectivity index is 1.79. The fourth-order valence-corrected chi connectivity index (χ4v) is 2.24. The number of anilines is 1. The highest BCUT2D eigenvalue weighted by Crippen LogP contribution is 2.23. The van der Waals surface area contributed by atoms with Crippen LogP contribution in [0.2, 0.25) is 0 Å². The van der Waals surface area contributed by atoms with E-state index < -0.39 is 0 Å². The Labute approximate surface area is 122 Å². The molecule has 1 aromatic carbocycles. The molecule has 21 heavy (non-hydrogen) atoms. The summed E-state index contributed by atoms with van der Waals surface area (Å²) >= 11 is 0. The highest BCUT2D eigenvalue weighted by Gasteiger charge is 2.08. The summed E-state index contributed by atoms with van der Waals surface area (Å²) in [5.74, 6) is 0.275. The van der Waals surface area contributed by atoms with Crippen molar-refractivity contribution in [2.45, 2.75) is 13.5 Å². The highest BCUT2D eigenvalue weighted by molar-refractivity contribution is 5.62. The molecule has 0 aliphatic heterocycles. The average Bonchev–Trinajstić information content (AvgIpc) is 2.96. The Bertz CT molecular complexity index is 737. The summed E-state index contributed by atoms with van der Waals surface area (Å²) in [6.07, 6.45) is 5.37. The molecule has 0 saturated heterocycles. The van der Waals surface area contributed by atoms with E-state index in [2.05, 4.69) is 20.5 Å². The molecular formula is C16H16N4O. The number of pyridine rings is 1. The minimum absolute atomic E-state index is 0.275. The van der Waals surface area contributed by atoms with Crippen LogP contribution in [0.15, 0.2) is 48.9 Å². The molecule has 2 heterocycles. The first-order valence-corrected chi connectivity index (χ1v) is 6.70. The first-order valence-electron chi connectivity index (χ1n) is 6.70. The van der Waals surface area contributed by atoms with Crippen LogP contribution in [0, 0.1) is 6.92 Å². The molecule has 0 aliphatic carbocycles. The van der Waals surface area contributed by atoms with Crippen LogP contribution in [0.3, 0.4) is 0 Å². The predicted molar refractivity (Wildman–Crippen MR) is 82.0 cm³/mol. The lowest BCUT2D eigenvalue weighted by Crippen LogP contribution is -2.01. The van der Waals surface area contributed by atoms with Crippen molar-refractivity contribution in [2.75, 3.05) is 5.32 Å². The molecule has 3 N–H and O–H groups in total. The van der Waals surface area contributed by atoms with Gasteiger partial charge in [0.15, 0.2) is 0 Å². The maximum Gasteiger partial charge on any atom is 0.115 e. The summed E-state index contributed by atoms with van der Waals surface area (Å²) < 4.78 is 0. The normalized spacial score (nSPS) is 10.5. The first-order chi connectivity index (χ1) is 10.2. The van der Waals surface area contributed by atoms with Gasteiger partial charge < -0.3 is 10.4 Å². The SMILES string of the molecule is Cc1cc(O)ccc1NCc1cn[nH]c1-c1cccnc1. The van der Waals surface area contributed by atoms with Crippen LogP contribution >= 0.6 is 0 Å². The van der Waals surface area contributed by atoms with Gasteiger partial charge in [-0.15, -0.1) is 0 Å². The second-order valence-corrected chi connectivity index (χ2v) is 4.86. The van der Waals surface area contributed by atoms with Crippen molar-refractivity contribution in [1.82, 2.24) is 15.2 Å². The van der Waals surface area contributed by atoms with Crippen molar-refractivity contribution in [1.29, 1.82) is 0 Å². The molecule has 5 heteroatoms. The van der Waals surface area contributed by atoms with Gasteiger partial charge in [-0.2, -0.15) is 5.10 Å². The third-order valence-corrected chi connectivity index (χ3v) is 3.35. The fourth-order valence-electron chi connectivity index (χ4n) is 2.24. The van der Waals surface area contributed by atoms with Crippen LogP contribution in [0.1, 0.15) is 11.1 Å². The number of aromatic nitrogens is 3. The van der Waals surface area contributed by atoms with Crippen LogP contribution in [0.5, 0.6) is 5.75 Å². The lowest BCUT2D eigenvalue weighted by molar-refractivity contribution is 0.475. The summed E-state index contributed by atoms with van der Waals surface area (Å²) in [5.41, 5.74) is 5.03. The largest absolute Gasteiger partial charge is 0.508 e. The third kappa shape index (κ3) is 2.86. The van der Waals surface area contributed by atoms with Crippen LogP contribution < -0.4 is 5.32 Å². The van der Waals surface area contributed by atoms with Gasteiger partial charge in [0.1, 0.15) is 5.75 Å². The maximum atomic E-state index is 9.43. The van der Waals surface area contributed by atoms with E-state index in [1.54, 1.807) is 18.3 Å². The number of rotatable bonds is 4. The van der Waals surface area contributed by atoms with Gasteiger partial charge in [-0.25, -0.2) is 0 Å². The molecule has 0 bridgehead atoms. The molecule has 106 valence electrons. The van der Waals surface area contributed by atoms with Gasteiger partial charge in [-0.05, 0) is 42.8 Å². The van der Waals surface area contributed by atoms with Crippen LogP contribution in [-0.4, -0.2) is 20.3 Å². The molecule has 0 unspecified atom stereocenters. The Kier molecular flexibility index (Phi) is 3.55. The number of nitrogens with one attached hydrogen (secondary N) is 2. The Morgan fingerprint density at radius 1 is 1.24 bits per heavy atom. The molecule has 0 amide bonds. The standard InChI is InChI=1S/C16H16N4O/c1-11-7-14(21)4-5-15(11)18-9-13-10-19-20-16(13)12-3-2-6-17-8-12/h2-8,10,18,21H,9H2,1H3,(H,19,20). The van der Waals surface area contributed by atoms with Crippen LogP contribution in [0.4, 0.5) is 5.69 Å². The predicted octanol–water partition coefficient (Wildman–Crippen LogP) is 3.10. The van der Waals surface area contributed by atoms with E-state index in [0.717, 1.165) is 28.1 Å². The minimum atomic E-state index is 0.275. The summed E-state index contributed by atoms with van der Waals surface area (Å²) in [5, 5.41) is 19.9. The van der Waals surface area contributed by atoms with Gasteiger partial charge in [0.05, 0.1) is 11.9 Å². The van der Waals surface area contributed by atoms with E-state index in [0.29, 0.717) is 6.54 Å². The van der Waals surface area contributed by atoms with E-state index in [-0.39, 0.29) is 5.75 Å². The van der Waals surface area contributed by atoms with E-state index in [9.17, 15) is 5.11 Å². The zero-order chi connectivity index (χ0) is 14.7. The number of nitrogens with zero attached hydrogens (tertiary/aromatic N) is 2. The maximum absolute atomic E-state index is 9.43. The Hall–Kier alpha value is -2.82. The average molecular weight is 280 g/mol. The molecule has 3 rings (SSSR count). The lowest BCUT2D eigenvalue weighted by atomic mass is 10.1. The van der Waals surface area contributed by atoms with Crippen molar-refractivity contribution >= 4 is 5.69 Å². The van der Waals surface area contributed by atoms with Gasteiger partial charge in [0, 0.05) is 35.8 Å². The smallest absolute Gasteiger partial charge is 0.115 e. The van der Waals surface area contributed by atoms with Crippen molar-refractivity contribution in [3.63, 3.8) is 0 Å². The highest BCUT2D eigenvalue weighted by atomic mass is 16.3. The molecule has 0 fully saturated rings. The third-order valence-electron chi connectivity index (χ3n) is 3.35. The second kappa shape index (κ2) is 5.66. The number of aryl methyl sites for hydroxylation is 1. The number of benzene rings is 1. The Morgan fingerprint density at radius 3 is 2.90 bits per heavy atom. The molecule has 2 aromatic heterocycles. The van der Waals surface area contributed by atoms with E-state index in [1.807, 2.05) is 37.5 Å². The van der Waals surface area contributed by atoms with Gasteiger partial charge >= 0.3 is 0 Å². The summed E-state index contributed by atoms with van der Waals surface area (Å²) in [6.45, 7) is 2.60. The number of phenolic OH excluding ortho intramolecular Hbond substituents is 1. The molecule has 0 saturated carbocycles. The number of phenols is 1. The van der Waals surface area contributed by atoms with Crippen molar-refractivity contribution < 1.29 is 5.11 Å². The molecule has 0 spiro atoms. The Morgan fingerprint density at radius 2 is 2.14 bits per heavy atom. The van der Waals surface area contributed by atoms with Crippen molar-refractivity contribution in [2.24, 2.45) is 0 Å². The zero-order valence-corrected chi connectivity index (χ0v) is 11.7. The van der Waals surface area contributed by atoms with Crippen LogP contribution in [-0.2, 0) is 6.54 Å². The van der Waals surface area contributed by atoms with Crippen molar-refractivity contribution in [3.8, 4) is 17.0 Å². The number of aromatic amines is 1. The van der Waals surface area contributed by atoms with E-state index in [4.69, 9.17) is 0 Å².